The molecule has 0 saturated heterocycles. The maximum Gasteiger partial charge on any atom is 0.161 e. The topological polar surface area (TPSA) is 67.6 Å². The lowest BCUT2D eigenvalue weighted by Crippen LogP contribution is -2.13. The highest BCUT2D eigenvalue weighted by atomic mass is 15.1. The van der Waals surface area contributed by atoms with Crippen molar-refractivity contribution in [2.24, 2.45) is 11.7 Å². The second-order valence-corrected chi connectivity index (χ2v) is 4.61. The van der Waals surface area contributed by atoms with E-state index in [1.807, 2.05) is 0 Å². The summed E-state index contributed by atoms with van der Waals surface area (Å²) in [6.45, 7) is 7.95. The first-order chi connectivity index (χ1) is 7.60. The third kappa shape index (κ3) is 2.83. The molecule has 0 amide bonds. The fourth-order valence-corrected chi connectivity index (χ4v) is 1.92. The van der Waals surface area contributed by atoms with Gasteiger partial charge in [0.05, 0.1) is 12.0 Å². The Morgan fingerprint density at radius 2 is 2.19 bits per heavy atom. The Balaban J connectivity index is 3.01. The van der Waals surface area contributed by atoms with Gasteiger partial charge in [0, 0.05) is 12.5 Å². The highest BCUT2D eigenvalue weighted by Gasteiger charge is 2.17. The van der Waals surface area contributed by atoms with Crippen molar-refractivity contribution in [2.45, 2.75) is 39.7 Å². The number of rotatable bonds is 5. The van der Waals surface area contributed by atoms with Gasteiger partial charge in [0.2, 0.25) is 0 Å². The third-order valence-corrected chi connectivity index (χ3v) is 2.61. The van der Waals surface area contributed by atoms with E-state index >= 15 is 0 Å². The maximum absolute atomic E-state index is 9.03. The second-order valence-electron chi connectivity index (χ2n) is 4.61. The van der Waals surface area contributed by atoms with Crippen molar-refractivity contribution in [1.82, 2.24) is 9.55 Å². The zero-order valence-electron chi connectivity index (χ0n) is 10.3. The number of hydrogen-bond acceptors (Lipinski definition) is 3. The fraction of sp³-hybridized carbons (Fsp3) is 0.667. The highest BCUT2D eigenvalue weighted by Crippen LogP contribution is 2.22. The molecule has 0 aliphatic heterocycles. The molecule has 1 aromatic heterocycles. The quantitative estimate of drug-likeness (QED) is 0.823. The van der Waals surface area contributed by atoms with Crippen LogP contribution < -0.4 is 5.73 Å². The Morgan fingerprint density at radius 1 is 1.50 bits per heavy atom. The van der Waals surface area contributed by atoms with Crippen LogP contribution in [0.15, 0.2) is 6.33 Å². The van der Waals surface area contributed by atoms with Crippen molar-refractivity contribution in [3.8, 4) is 6.07 Å². The summed E-state index contributed by atoms with van der Waals surface area (Å²) in [7, 11) is 0. The summed E-state index contributed by atoms with van der Waals surface area (Å²) in [5.74, 6) is 0.838. The Hall–Kier alpha value is -1.34. The van der Waals surface area contributed by atoms with Crippen LogP contribution in [0.25, 0.3) is 0 Å². The SMILES string of the molecule is CC(C)Cn1cnc(C#N)c1C(C)CCN. The number of nitrogens with zero attached hydrogens (tertiary/aromatic N) is 3. The number of nitriles is 1. The first-order valence-corrected chi connectivity index (χ1v) is 5.75. The van der Waals surface area contributed by atoms with Crippen molar-refractivity contribution >= 4 is 0 Å². The standard InChI is InChI=1S/C12H20N4/c1-9(2)7-16-8-15-11(6-14)12(16)10(3)4-5-13/h8-10H,4-5,7,13H2,1-3H3. The average molecular weight is 220 g/mol. The normalized spacial score (nSPS) is 12.8. The molecule has 0 radical (unpaired) electrons. The Morgan fingerprint density at radius 3 is 2.69 bits per heavy atom. The maximum atomic E-state index is 9.03. The summed E-state index contributed by atoms with van der Waals surface area (Å²) >= 11 is 0. The van der Waals surface area contributed by atoms with Gasteiger partial charge in [-0.05, 0) is 18.9 Å². The monoisotopic (exact) mass is 220 g/mol. The van der Waals surface area contributed by atoms with Crippen LogP contribution in [0.4, 0.5) is 0 Å². The smallest absolute Gasteiger partial charge is 0.161 e. The summed E-state index contributed by atoms with van der Waals surface area (Å²) in [4.78, 5) is 4.15. The molecule has 1 atom stereocenters. The molecule has 0 aliphatic rings. The Kier molecular flexibility index (Phi) is 4.51. The Bertz CT molecular complexity index is 373. The van der Waals surface area contributed by atoms with E-state index in [4.69, 9.17) is 11.0 Å². The Labute approximate surface area is 97.1 Å². The van der Waals surface area contributed by atoms with E-state index in [1.165, 1.54) is 0 Å². The van der Waals surface area contributed by atoms with Gasteiger partial charge in [-0.15, -0.1) is 0 Å². The largest absolute Gasteiger partial charge is 0.333 e. The lowest BCUT2D eigenvalue weighted by atomic mass is 10.0. The predicted octanol–water partition coefficient (Wildman–Crippen LogP) is 1.86. The molecule has 4 heteroatoms. The van der Waals surface area contributed by atoms with Gasteiger partial charge in [-0.1, -0.05) is 20.8 Å². The van der Waals surface area contributed by atoms with Crippen LogP contribution >= 0.6 is 0 Å². The van der Waals surface area contributed by atoms with Crippen molar-refractivity contribution in [2.75, 3.05) is 6.54 Å². The van der Waals surface area contributed by atoms with Crippen molar-refractivity contribution in [1.29, 1.82) is 5.26 Å². The van der Waals surface area contributed by atoms with E-state index in [0.717, 1.165) is 18.7 Å². The molecule has 16 heavy (non-hydrogen) atoms. The molecule has 1 unspecified atom stereocenters. The van der Waals surface area contributed by atoms with Crippen LogP contribution in [0.3, 0.4) is 0 Å². The van der Waals surface area contributed by atoms with Crippen LogP contribution in [0.5, 0.6) is 0 Å². The number of nitrogens with two attached hydrogens (primary N) is 1. The fourth-order valence-electron chi connectivity index (χ4n) is 1.92. The summed E-state index contributed by atoms with van der Waals surface area (Å²) in [5, 5.41) is 9.03. The van der Waals surface area contributed by atoms with Gasteiger partial charge in [0.15, 0.2) is 5.69 Å². The van der Waals surface area contributed by atoms with Crippen LogP contribution in [0.2, 0.25) is 0 Å². The molecule has 0 aliphatic carbocycles. The molecule has 1 heterocycles. The predicted molar refractivity (Wildman–Crippen MR) is 63.9 cm³/mol. The minimum atomic E-state index is 0.292. The summed E-state index contributed by atoms with van der Waals surface area (Å²) in [5.41, 5.74) is 7.14. The van der Waals surface area contributed by atoms with Gasteiger partial charge in [0.25, 0.3) is 0 Å². The summed E-state index contributed by atoms with van der Waals surface area (Å²) < 4.78 is 2.09. The molecule has 88 valence electrons. The van der Waals surface area contributed by atoms with Gasteiger partial charge < -0.3 is 10.3 Å². The summed E-state index contributed by atoms with van der Waals surface area (Å²) in [6, 6.07) is 2.16. The molecule has 1 rings (SSSR count). The van der Waals surface area contributed by atoms with E-state index in [-0.39, 0.29) is 0 Å². The van der Waals surface area contributed by atoms with Crippen LogP contribution in [-0.2, 0) is 6.54 Å². The first-order valence-electron chi connectivity index (χ1n) is 5.75. The summed E-state index contributed by atoms with van der Waals surface area (Å²) in [6.07, 6.45) is 2.65. The highest BCUT2D eigenvalue weighted by molar-refractivity contribution is 5.29. The lowest BCUT2D eigenvalue weighted by Gasteiger charge is -2.15. The molecule has 0 aromatic carbocycles. The molecule has 0 bridgehead atoms. The lowest BCUT2D eigenvalue weighted by molar-refractivity contribution is 0.493. The molecular weight excluding hydrogens is 200 g/mol. The molecule has 0 saturated carbocycles. The number of imidazole rings is 1. The minimum Gasteiger partial charge on any atom is -0.333 e. The molecule has 0 fully saturated rings. The van der Waals surface area contributed by atoms with Crippen LogP contribution in [0, 0.1) is 17.2 Å². The van der Waals surface area contributed by atoms with Gasteiger partial charge in [0.1, 0.15) is 6.07 Å². The molecule has 2 N–H and O–H groups in total. The van der Waals surface area contributed by atoms with E-state index in [1.54, 1.807) is 6.33 Å². The first kappa shape index (κ1) is 12.7. The van der Waals surface area contributed by atoms with Gasteiger partial charge in [-0.2, -0.15) is 5.26 Å². The van der Waals surface area contributed by atoms with Crippen molar-refractivity contribution < 1.29 is 0 Å². The molecule has 4 nitrogen and oxygen atoms in total. The minimum absolute atomic E-state index is 0.292. The number of hydrogen-bond donors (Lipinski definition) is 1. The van der Waals surface area contributed by atoms with Gasteiger partial charge >= 0.3 is 0 Å². The zero-order chi connectivity index (χ0) is 12.1. The molecule has 1 aromatic rings. The second kappa shape index (κ2) is 5.66. The van der Waals surface area contributed by atoms with E-state index in [0.29, 0.717) is 24.1 Å². The van der Waals surface area contributed by atoms with Crippen LogP contribution in [0.1, 0.15) is 44.5 Å². The van der Waals surface area contributed by atoms with Crippen molar-refractivity contribution in [3.63, 3.8) is 0 Å². The van der Waals surface area contributed by atoms with Gasteiger partial charge in [-0.3, -0.25) is 0 Å². The average Bonchev–Trinajstić information content (AvgIpc) is 2.60. The van der Waals surface area contributed by atoms with E-state index < -0.39 is 0 Å². The zero-order valence-corrected chi connectivity index (χ0v) is 10.3. The third-order valence-electron chi connectivity index (χ3n) is 2.61. The molecular formula is C12H20N4. The van der Waals surface area contributed by atoms with E-state index in [2.05, 4.69) is 36.4 Å². The van der Waals surface area contributed by atoms with Gasteiger partial charge in [-0.25, -0.2) is 4.98 Å². The van der Waals surface area contributed by atoms with Crippen molar-refractivity contribution in [3.05, 3.63) is 17.7 Å². The van der Waals surface area contributed by atoms with Crippen LogP contribution in [-0.4, -0.2) is 16.1 Å². The van der Waals surface area contributed by atoms with E-state index in [9.17, 15) is 0 Å². The molecule has 0 spiro atoms. The number of aromatic nitrogens is 2.